The molecular formula is C11H7ClN4O3. The third-order valence-corrected chi connectivity index (χ3v) is 2.34. The Hall–Kier alpha value is -2.54. The van der Waals surface area contributed by atoms with Crippen LogP contribution in [0.5, 0.6) is 0 Å². The molecule has 0 saturated carbocycles. The zero-order chi connectivity index (χ0) is 13.8. The van der Waals surface area contributed by atoms with Crippen LogP contribution in [0.3, 0.4) is 0 Å². The molecule has 8 heteroatoms. The van der Waals surface area contributed by atoms with E-state index in [1.165, 1.54) is 30.3 Å². The van der Waals surface area contributed by atoms with Crippen LogP contribution in [0.1, 0.15) is 0 Å². The first-order valence-corrected chi connectivity index (χ1v) is 5.49. The summed E-state index contributed by atoms with van der Waals surface area (Å²) in [6.07, 6.45) is 0. The molecule has 19 heavy (non-hydrogen) atoms. The minimum absolute atomic E-state index is 0.0910. The average Bonchev–Trinajstić information content (AvgIpc) is 2.35. The lowest BCUT2D eigenvalue weighted by atomic mass is 10.3. The molecule has 1 heterocycles. The second kappa shape index (κ2) is 5.40. The molecule has 0 bridgehead atoms. The van der Waals surface area contributed by atoms with Crippen molar-refractivity contribution in [3.63, 3.8) is 0 Å². The highest BCUT2D eigenvalue weighted by Crippen LogP contribution is 2.27. The number of nitro groups is 1. The van der Waals surface area contributed by atoms with E-state index in [0.717, 1.165) is 0 Å². The van der Waals surface area contributed by atoms with Crippen molar-refractivity contribution in [1.29, 1.82) is 0 Å². The fraction of sp³-hybridized carbons (Fsp3) is 0. The van der Waals surface area contributed by atoms with Gasteiger partial charge in [-0.2, -0.15) is 0 Å². The van der Waals surface area contributed by atoms with Crippen LogP contribution in [0.15, 0.2) is 51.4 Å². The lowest BCUT2D eigenvalue weighted by Gasteiger charge is -1.96. The number of H-pyrrole nitrogens is 1. The van der Waals surface area contributed by atoms with Gasteiger partial charge in [0.1, 0.15) is 5.15 Å². The first-order valence-electron chi connectivity index (χ1n) is 5.11. The molecule has 0 aliphatic rings. The first-order chi connectivity index (χ1) is 9.06. The summed E-state index contributed by atoms with van der Waals surface area (Å²) in [6, 6.07) is 8.26. The van der Waals surface area contributed by atoms with Gasteiger partial charge in [-0.15, -0.1) is 10.2 Å². The van der Waals surface area contributed by atoms with Crippen LogP contribution in [0, 0.1) is 10.1 Å². The molecule has 0 spiro atoms. The number of nitrogens with one attached hydrogen (secondary N) is 1. The number of aromatic nitrogens is 1. The molecule has 0 fully saturated rings. The van der Waals surface area contributed by atoms with E-state index in [9.17, 15) is 14.9 Å². The fourth-order valence-electron chi connectivity index (χ4n) is 1.36. The van der Waals surface area contributed by atoms with Gasteiger partial charge in [-0.25, -0.2) is 0 Å². The van der Waals surface area contributed by atoms with Crippen LogP contribution < -0.4 is 5.43 Å². The minimum Gasteiger partial charge on any atom is -0.329 e. The largest absolute Gasteiger partial charge is 0.329 e. The van der Waals surface area contributed by atoms with Gasteiger partial charge in [0, 0.05) is 18.2 Å². The van der Waals surface area contributed by atoms with Gasteiger partial charge < -0.3 is 4.98 Å². The zero-order valence-electron chi connectivity index (χ0n) is 9.41. The molecule has 0 aliphatic carbocycles. The molecule has 1 aromatic carbocycles. The third-order valence-electron chi connectivity index (χ3n) is 2.14. The highest BCUT2D eigenvalue weighted by molar-refractivity contribution is 6.29. The maximum absolute atomic E-state index is 11.2. The Kier molecular flexibility index (Phi) is 3.67. The Bertz CT molecular complexity index is 711. The van der Waals surface area contributed by atoms with Crippen molar-refractivity contribution in [1.82, 2.24) is 4.98 Å². The number of hydrogen-bond donors (Lipinski definition) is 1. The summed E-state index contributed by atoms with van der Waals surface area (Å²) in [5.41, 5.74) is -0.413. The van der Waals surface area contributed by atoms with Crippen LogP contribution in [0.25, 0.3) is 0 Å². The summed E-state index contributed by atoms with van der Waals surface area (Å²) < 4.78 is 0. The monoisotopic (exact) mass is 278 g/mol. The molecule has 7 nitrogen and oxygen atoms in total. The van der Waals surface area contributed by atoms with E-state index in [2.05, 4.69) is 15.2 Å². The van der Waals surface area contributed by atoms with Gasteiger partial charge in [-0.3, -0.25) is 14.9 Å². The van der Waals surface area contributed by atoms with E-state index in [1.54, 1.807) is 6.07 Å². The Morgan fingerprint density at radius 1 is 1.21 bits per heavy atom. The topological polar surface area (TPSA) is 101 Å². The van der Waals surface area contributed by atoms with Crippen molar-refractivity contribution >= 4 is 28.8 Å². The van der Waals surface area contributed by atoms with E-state index >= 15 is 0 Å². The van der Waals surface area contributed by atoms with Crippen LogP contribution >= 0.6 is 11.6 Å². The fourth-order valence-corrected chi connectivity index (χ4v) is 1.56. The van der Waals surface area contributed by atoms with Crippen LogP contribution in [-0.2, 0) is 0 Å². The highest BCUT2D eigenvalue weighted by Gasteiger charge is 2.11. The Balaban J connectivity index is 2.38. The van der Waals surface area contributed by atoms with E-state index in [4.69, 9.17) is 11.6 Å². The number of halogens is 1. The van der Waals surface area contributed by atoms with Crippen molar-refractivity contribution in [2.24, 2.45) is 10.2 Å². The summed E-state index contributed by atoms with van der Waals surface area (Å²) in [5.74, 6) is 0.121. The first kappa shape index (κ1) is 12.9. The quantitative estimate of drug-likeness (QED) is 0.403. The predicted octanol–water partition coefficient (Wildman–Crippen LogP) is 3.35. The summed E-state index contributed by atoms with van der Waals surface area (Å²) in [6.45, 7) is 0. The maximum atomic E-state index is 11.2. The number of azo groups is 1. The van der Waals surface area contributed by atoms with Gasteiger partial charge >= 0.3 is 0 Å². The number of benzene rings is 1. The van der Waals surface area contributed by atoms with Gasteiger partial charge in [0.15, 0.2) is 16.9 Å². The number of rotatable bonds is 3. The number of nitro benzene ring substituents is 1. The minimum atomic E-state index is -0.560. The Morgan fingerprint density at radius 3 is 2.63 bits per heavy atom. The van der Waals surface area contributed by atoms with Crippen molar-refractivity contribution in [2.75, 3.05) is 0 Å². The molecule has 0 radical (unpaired) electrons. The Morgan fingerprint density at radius 2 is 1.95 bits per heavy atom. The van der Waals surface area contributed by atoms with Crippen molar-refractivity contribution in [3.05, 3.63) is 61.9 Å². The average molecular weight is 279 g/mol. The zero-order valence-corrected chi connectivity index (χ0v) is 10.2. The normalized spacial score (nSPS) is 10.8. The third kappa shape index (κ3) is 3.23. The van der Waals surface area contributed by atoms with Gasteiger partial charge in [0.25, 0.3) is 5.69 Å². The summed E-state index contributed by atoms with van der Waals surface area (Å²) in [5, 5.41) is 18.3. The Labute approximate surface area is 111 Å². The van der Waals surface area contributed by atoms with Crippen LogP contribution in [-0.4, -0.2) is 9.91 Å². The van der Waals surface area contributed by atoms with Gasteiger partial charge in [-0.1, -0.05) is 23.7 Å². The molecule has 0 aliphatic heterocycles. The van der Waals surface area contributed by atoms with Crippen LogP contribution in [0.2, 0.25) is 5.15 Å². The molecule has 0 atom stereocenters. The highest BCUT2D eigenvalue weighted by atomic mass is 35.5. The van der Waals surface area contributed by atoms with E-state index in [1.807, 2.05) is 0 Å². The number of nitrogens with zero attached hydrogens (tertiary/aromatic N) is 3. The summed E-state index contributed by atoms with van der Waals surface area (Å²) in [7, 11) is 0. The van der Waals surface area contributed by atoms with Gasteiger partial charge in [0.05, 0.1) is 4.92 Å². The number of hydrogen-bond acceptors (Lipinski definition) is 5. The lowest BCUT2D eigenvalue weighted by molar-refractivity contribution is -0.384. The molecule has 2 aromatic rings. The second-order valence-electron chi connectivity index (χ2n) is 3.50. The van der Waals surface area contributed by atoms with E-state index < -0.39 is 4.92 Å². The summed E-state index contributed by atoms with van der Waals surface area (Å²) >= 11 is 5.65. The number of pyridine rings is 1. The van der Waals surface area contributed by atoms with Crippen LogP contribution in [0.4, 0.5) is 17.2 Å². The predicted molar refractivity (Wildman–Crippen MR) is 69.3 cm³/mol. The molecule has 2 rings (SSSR count). The molecule has 1 N–H and O–H groups in total. The smallest absolute Gasteiger partial charge is 0.296 e. The molecule has 0 amide bonds. The number of para-hydroxylation sites is 1. The molecule has 1 aromatic heterocycles. The SMILES string of the molecule is O=c1cc(Cl)[nH]c(N=Nc2ccccc2[N+](=O)[O-])c1. The van der Waals surface area contributed by atoms with Gasteiger partial charge in [-0.05, 0) is 6.07 Å². The summed E-state index contributed by atoms with van der Waals surface area (Å²) in [4.78, 5) is 24.0. The molecular weight excluding hydrogens is 272 g/mol. The van der Waals surface area contributed by atoms with Gasteiger partial charge in [0.2, 0.25) is 0 Å². The van der Waals surface area contributed by atoms with E-state index in [0.29, 0.717) is 0 Å². The van der Waals surface area contributed by atoms with Crippen molar-refractivity contribution < 1.29 is 4.92 Å². The maximum Gasteiger partial charge on any atom is 0.296 e. The molecule has 0 unspecified atom stereocenters. The number of aromatic amines is 1. The lowest BCUT2D eigenvalue weighted by Crippen LogP contribution is -1.96. The standard InChI is InChI=1S/C11H7ClN4O3/c12-10-5-7(17)6-11(13-10)15-14-8-3-1-2-4-9(8)16(18)19/h1-6H,(H,13,17). The van der Waals surface area contributed by atoms with Crippen molar-refractivity contribution in [2.45, 2.75) is 0 Å². The molecule has 96 valence electrons. The second-order valence-corrected chi connectivity index (χ2v) is 3.90. The van der Waals surface area contributed by atoms with E-state index in [-0.39, 0.29) is 27.8 Å². The van der Waals surface area contributed by atoms with Crippen molar-refractivity contribution in [3.8, 4) is 0 Å². The molecule has 0 saturated heterocycles.